The van der Waals surface area contributed by atoms with E-state index in [1.54, 1.807) is 35.4 Å². The van der Waals surface area contributed by atoms with E-state index in [9.17, 15) is 18.5 Å². The Morgan fingerprint density at radius 2 is 1.82 bits per heavy atom. The molecule has 1 aliphatic heterocycles. The maximum atomic E-state index is 12.7. The Morgan fingerprint density at radius 1 is 1.18 bits per heavy atom. The number of likely N-dealkylation sites (tertiary alicyclic amines) is 1. The molecule has 1 saturated heterocycles. The molecule has 1 aliphatic rings. The Bertz CT molecular complexity index is 1510. The van der Waals surface area contributed by atoms with Crippen LogP contribution < -0.4 is 5.32 Å². The van der Waals surface area contributed by atoms with Gasteiger partial charge in [-0.15, -0.1) is 0 Å². The highest BCUT2D eigenvalue weighted by molar-refractivity contribution is 7.89. The highest BCUT2D eigenvalue weighted by atomic mass is 32.2. The number of nitriles is 1. The number of aryl methyl sites for hydroxylation is 1. The third kappa shape index (κ3) is 5.69. The van der Waals surface area contributed by atoms with Gasteiger partial charge in [0.15, 0.2) is 5.82 Å². The van der Waals surface area contributed by atoms with E-state index in [2.05, 4.69) is 16.4 Å². The van der Waals surface area contributed by atoms with Gasteiger partial charge in [-0.1, -0.05) is 0 Å². The van der Waals surface area contributed by atoms with Crippen LogP contribution in [0.3, 0.4) is 0 Å². The lowest BCUT2D eigenvalue weighted by atomic mass is 9.84. The van der Waals surface area contributed by atoms with Crippen LogP contribution in [0.4, 0.5) is 16.3 Å². The Hall–Kier alpha value is -3.69. The number of hydrogen-bond donors (Lipinski definition) is 1. The van der Waals surface area contributed by atoms with Crippen molar-refractivity contribution in [1.29, 1.82) is 5.26 Å². The van der Waals surface area contributed by atoms with Gasteiger partial charge in [-0.3, -0.25) is 9.67 Å². The summed E-state index contributed by atoms with van der Waals surface area (Å²) in [6.07, 6.45) is 2.66. The first-order valence-corrected chi connectivity index (χ1v) is 14.2. The SMILES string of the molecule is Cc1nccc2c1c(Nc1ccc(S(=O)(=O)N(C)C)cc1)nn2C1(CC#N)CCN(C(=O)OC(C)(C)C)CC1. The Labute approximate surface area is 229 Å². The van der Waals surface area contributed by atoms with Gasteiger partial charge in [0.1, 0.15) is 5.60 Å². The van der Waals surface area contributed by atoms with Crippen LogP contribution in [0.5, 0.6) is 0 Å². The number of sulfonamides is 1. The number of hydrogen-bond acceptors (Lipinski definition) is 8. The molecule has 1 fully saturated rings. The lowest BCUT2D eigenvalue weighted by Crippen LogP contribution is -2.49. The molecule has 1 N–H and O–H groups in total. The highest BCUT2D eigenvalue weighted by Crippen LogP contribution is 2.39. The molecule has 0 unspecified atom stereocenters. The number of piperidine rings is 1. The zero-order chi connectivity index (χ0) is 28.6. The number of rotatable bonds is 6. The van der Waals surface area contributed by atoms with E-state index in [4.69, 9.17) is 9.84 Å². The summed E-state index contributed by atoms with van der Waals surface area (Å²) in [5.41, 5.74) is 1.06. The molecule has 0 spiro atoms. The minimum Gasteiger partial charge on any atom is -0.444 e. The van der Waals surface area contributed by atoms with E-state index in [0.717, 1.165) is 16.6 Å². The zero-order valence-corrected chi connectivity index (χ0v) is 24.0. The number of aromatic nitrogens is 3. The van der Waals surface area contributed by atoms with Gasteiger partial charge in [-0.05, 0) is 70.9 Å². The molecule has 3 aromatic rings. The summed E-state index contributed by atoms with van der Waals surface area (Å²) in [6.45, 7) is 8.28. The zero-order valence-electron chi connectivity index (χ0n) is 23.2. The summed E-state index contributed by atoms with van der Waals surface area (Å²) in [5, 5.41) is 18.9. The van der Waals surface area contributed by atoms with Crippen LogP contribution in [-0.2, 0) is 20.3 Å². The molecular weight excluding hydrogens is 518 g/mol. The van der Waals surface area contributed by atoms with E-state index < -0.39 is 21.2 Å². The van der Waals surface area contributed by atoms with Crippen molar-refractivity contribution in [3.8, 4) is 6.07 Å². The molecule has 0 aliphatic carbocycles. The third-order valence-electron chi connectivity index (χ3n) is 6.88. The lowest BCUT2D eigenvalue weighted by Gasteiger charge is -2.41. The van der Waals surface area contributed by atoms with Gasteiger partial charge in [0.05, 0.1) is 39.5 Å². The summed E-state index contributed by atoms with van der Waals surface area (Å²) in [4.78, 5) is 19.0. The van der Waals surface area contributed by atoms with Crippen LogP contribution >= 0.6 is 0 Å². The Balaban J connectivity index is 1.68. The number of fused-ring (bicyclic) bond motifs is 1. The topological polar surface area (TPSA) is 133 Å². The molecule has 39 heavy (non-hydrogen) atoms. The van der Waals surface area contributed by atoms with Gasteiger partial charge in [-0.25, -0.2) is 17.5 Å². The molecule has 0 radical (unpaired) electrons. The van der Waals surface area contributed by atoms with Crippen molar-refractivity contribution in [2.45, 2.75) is 63.0 Å². The van der Waals surface area contributed by atoms with E-state index in [1.165, 1.54) is 18.4 Å². The fourth-order valence-electron chi connectivity index (χ4n) is 4.78. The smallest absolute Gasteiger partial charge is 0.410 e. The van der Waals surface area contributed by atoms with Crippen molar-refractivity contribution < 1.29 is 17.9 Å². The van der Waals surface area contributed by atoms with E-state index >= 15 is 0 Å². The quantitative estimate of drug-likeness (QED) is 0.476. The van der Waals surface area contributed by atoms with Crippen molar-refractivity contribution in [2.75, 3.05) is 32.5 Å². The average molecular weight is 554 g/mol. The fourth-order valence-corrected chi connectivity index (χ4v) is 5.68. The molecular formula is C27H35N7O4S. The largest absolute Gasteiger partial charge is 0.444 e. The fraction of sp³-hybridized carbons (Fsp3) is 0.481. The van der Waals surface area contributed by atoms with Crippen molar-refractivity contribution in [2.24, 2.45) is 0 Å². The summed E-state index contributed by atoms with van der Waals surface area (Å²) in [5.74, 6) is 0.561. The van der Waals surface area contributed by atoms with Crippen molar-refractivity contribution >= 4 is 38.5 Å². The van der Waals surface area contributed by atoms with Gasteiger partial charge < -0.3 is 15.0 Å². The van der Waals surface area contributed by atoms with Crippen LogP contribution in [0.25, 0.3) is 10.9 Å². The Kier molecular flexibility index (Phi) is 7.60. The van der Waals surface area contributed by atoms with Crippen LogP contribution in [0.15, 0.2) is 41.4 Å². The normalized spacial score (nSPS) is 15.8. The minimum atomic E-state index is -3.55. The first-order chi connectivity index (χ1) is 18.3. The third-order valence-corrected chi connectivity index (χ3v) is 8.71. The second kappa shape index (κ2) is 10.5. The van der Waals surface area contributed by atoms with Crippen LogP contribution in [0.1, 0.15) is 45.7 Å². The molecule has 3 heterocycles. The number of carbonyl (C=O) groups excluding carboxylic acids is 1. The standard InChI is InChI=1S/C27H35N7O4S/c1-19-23-22(11-16-29-19)34(27(12-15-28)13-17-33(18-14-27)25(35)38-26(2,3)4)31-24(23)30-20-7-9-21(10-8-20)39(36,37)32(5)6/h7-11,16H,12-14,17-18H2,1-6H3,(H,30,31). The Morgan fingerprint density at radius 3 is 2.38 bits per heavy atom. The molecule has 1 amide bonds. The van der Waals surface area contributed by atoms with Gasteiger partial charge in [-0.2, -0.15) is 10.4 Å². The monoisotopic (exact) mass is 553 g/mol. The highest BCUT2D eigenvalue weighted by Gasteiger charge is 2.41. The second-order valence-electron chi connectivity index (χ2n) is 11.0. The number of nitrogens with one attached hydrogen (secondary N) is 1. The number of anilines is 2. The van der Waals surface area contributed by atoms with E-state index in [1.807, 2.05) is 38.4 Å². The molecule has 12 heteroatoms. The van der Waals surface area contributed by atoms with Crippen molar-refractivity contribution in [3.63, 3.8) is 0 Å². The molecule has 208 valence electrons. The number of amides is 1. The van der Waals surface area contributed by atoms with Gasteiger partial charge in [0, 0.05) is 39.1 Å². The van der Waals surface area contributed by atoms with Crippen LogP contribution in [0, 0.1) is 18.3 Å². The molecule has 2 aromatic heterocycles. The molecule has 4 rings (SSSR count). The maximum Gasteiger partial charge on any atom is 0.410 e. The summed E-state index contributed by atoms with van der Waals surface area (Å²) in [6, 6.07) is 10.7. The molecule has 0 bridgehead atoms. The average Bonchev–Trinajstić information content (AvgIpc) is 3.24. The predicted molar refractivity (Wildman–Crippen MR) is 148 cm³/mol. The maximum absolute atomic E-state index is 12.7. The van der Waals surface area contributed by atoms with Gasteiger partial charge >= 0.3 is 6.09 Å². The summed E-state index contributed by atoms with van der Waals surface area (Å²) < 4.78 is 33.5. The summed E-state index contributed by atoms with van der Waals surface area (Å²) >= 11 is 0. The van der Waals surface area contributed by atoms with Crippen LogP contribution in [0.2, 0.25) is 0 Å². The number of ether oxygens (including phenoxy) is 1. The predicted octanol–water partition coefficient (Wildman–Crippen LogP) is 4.37. The number of pyridine rings is 1. The summed E-state index contributed by atoms with van der Waals surface area (Å²) in [7, 11) is -0.563. The minimum absolute atomic E-state index is 0.191. The lowest BCUT2D eigenvalue weighted by molar-refractivity contribution is 0.0110. The number of carbonyl (C=O) groups is 1. The molecule has 0 atom stereocenters. The van der Waals surface area contributed by atoms with E-state index in [-0.39, 0.29) is 17.4 Å². The van der Waals surface area contributed by atoms with Crippen LogP contribution in [-0.4, -0.2) is 71.3 Å². The molecule has 11 nitrogen and oxygen atoms in total. The molecule has 1 aromatic carbocycles. The molecule has 0 saturated carbocycles. The van der Waals surface area contributed by atoms with Gasteiger partial charge in [0.25, 0.3) is 0 Å². The number of benzene rings is 1. The van der Waals surface area contributed by atoms with Crippen molar-refractivity contribution in [1.82, 2.24) is 24.0 Å². The first-order valence-electron chi connectivity index (χ1n) is 12.8. The second-order valence-corrected chi connectivity index (χ2v) is 13.2. The first kappa shape index (κ1) is 28.3. The number of nitrogens with zero attached hydrogens (tertiary/aromatic N) is 6. The van der Waals surface area contributed by atoms with Crippen molar-refractivity contribution in [3.05, 3.63) is 42.2 Å². The van der Waals surface area contributed by atoms with E-state index in [0.29, 0.717) is 37.4 Å². The van der Waals surface area contributed by atoms with Gasteiger partial charge in [0.2, 0.25) is 10.0 Å².